The third kappa shape index (κ3) is 3.85. The Labute approximate surface area is 168 Å². The summed E-state index contributed by atoms with van der Waals surface area (Å²) in [7, 11) is 0. The minimum Gasteiger partial charge on any atom is -0.494 e. The molecule has 0 aliphatic carbocycles. The summed E-state index contributed by atoms with van der Waals surface area (Å²) in [6.07, 6.45) is 0.625. The Hall–Kier alpha value is -2.54. The Morgan fingerprint density at radius 2 is 1.71 bits per heavy atom. The Morgan fingerprint density at radius 3 is 2.29 bits per heavy atom. The van der Waals surface area contributed by atoms with Crippen LogP contribution in [0.2, 0.25) is 0 Å². The topological polar surface area (TPSA) is 76.2 Å². The summed E-state index contributed by atoms with van der Waals surface area (Å²) < 4.78 is 10.4. The van der Waals surface area contributed by atoms with Crippen molar-refractivity contribution in [1.29, 1.82) is 0 Å². The van der Waals surface area contributed by atoms with E-state index in [1.54, 1.807) is 36.1 Å². The zero-order valence-electron chi connectivity index (χ0n) is 15.9. The van der Waals surface area contributed by atoms with E-state index in [1.807, 2.05) is 6.92 Å². The van der Waals surface area contributed by atoms with E-state index in [-0.39, 0.29) is 22.7 Å². The first-order chi connectivity index (χ1) is 13.5. The molecule has 0 atom stereocenters. The molecule has 3 rings (SSSR count). The first kappa shape index (κ1) is 20.2. The maximum absolute atomic E-state index is 13.0. The number of rotatable bonds is 5. The number of likely N-dealkylation sites (tertiary alicyclic amines) is 1. The van der Waals surface area contributed by atoms with Crippen LogP contribution in [0.1, 0.15) is 32.3 Å². The molecule has 0 unspecified atom stereocenters. The van der Waals surface area contributed by atoms with Gasteiger partial charge in [-0.15, -0.1) is 0 Å². The van der Waals surface area contributed by atoms with Gasteiger partial charge in [0.1, 0.15) is 10.8 Å². The van der Waals surface area contributed by atoms with Gasteiger partial charge in [-0.1, -0.05) is 23.7 Å². The number of imide groups is 1. The summed E-state index contributed by atoms with van der Waals surface area (Å²) in [5, 5.41) is -0.0676. The number of benzene rings is 1. The number of hydrogen-bond donors (Lipinski definition) is 0. The summed E-state index contributed by atoms with van der Waals surface area (Å²) in [4.78, 5) is 40.3. The SMILES string of the molecule is CCOC(=O)N1CCC(N2C(=O)C(Cl)=C(c3ccc(OCC)cc3)C2=O)CC1. The number of carbonyl (C=O) groups is 3. The number of piperidine rings is 1. The second-order valence-corrected chi connectivity index (χ2v) is 6.92. The first-order valence-electron chi connectivity index (χ1n) is 9.40. The molecule has 1 saturated heterocycles. The second-order valence-electron chi connectivity index (χ2n) is 6.54. The van der Waals surface area contributed by atoms with Crippen LogP contribution in [-0.4, -0.2) is 60.1 Å². The van der Waals surface area contributed by atoms with E-state index in [1.165, 1.54) is 4.90 Å². The fourth-order valence-corrected chi connectivity index (χ4v) is 3.79. The molecule has 0 aromatic heterocycles. The van der Waals surface area contributed by atoms with Crippen molar-refractivity contribution in [1.82, 2.24) is 9.80 Å². The lowest BCUT2D eigenvalue weighted by atomic mass is 10.0. The monoisotopic (exact) mass is 406 g/mol. The number of ether oxygens (including phenoxy) is 2. The fraction of sp³-hybridized carbons (Fsp3) is 0.450. The highest BCUT2D eigenvalue weighted by atomic mass is 35.5. The van der Waals surface area contributed by atoms with Gasteiger partial charge in [-0.25, -0.2) is 4.79 Å². The van der Waals surface area contributed by atoms with Crippen LogP contribution in [0.3, 0.4) is 0 Å². The van der Waals surface area contributed by atoms with Crippen molar-refractivity contribution in [2.24, 2.45) is 0 Å². The quantitative estimate of drug-likeness (QED) is 0.702. The average Bonchev–Trinajstić information content (AvgIpc) is 2.92. The molecule has 1 fully saturated rings. The third-order valence-electron chi connectivity index (χ3n) is 4.87. The van der Waals surface area contributed by atoms with Gasteiger partial charge in [0.2, 0.25) is 0 Å². The lowest BCUT2D eigenvalue weighted by Gasteiger charge is -2.35. The van der Waals surface area contributed by atoms with E-state index in [4.69, 9.17) is 21.1 Å². The lowest BCUT2D eigenvalue weighted by molar-refractivity contribution is -0.140. The number of carbonyl (C=O) groups excluding carboxylic acids is 3. The van der Waals surface area contributed by atoms with E-state index in [9.17, 15) is 14.4 Å². The van der Waals surface area contributed by atoms with Gasteiger partial charge in [0, 0.05) is 19.1 Å². The highest BCUT2D eigenvalue weighted by molar-refractivity contribution is 6.55. The Bertz CT molecular complexity index is 797. The molecule has 28 heavy (non-hydrogen) atoms. The highest BCUT2D eigenvalue weighted by Gasteiger charge is 2.43. The predicted octanol–water partition coefficient (Wildman–Crippen LogP) is 3.02. The van der Waals surface area contributed by atoms with Crippen molar-refractivity contribution in [3.8, 4) is 5.75 Å². The summed E-state index contributed by atoms with van der Waals surface area (Å²) in [5.74, 6) is -0.193. The van der Waals surface area contributed by atoms with Crippen LogP contribution in [0, 0.1) is 0 Å². The van der Waals surface area contributed by atoms with E-state index in [0.717, 1.165) is 0 Å². The van der Waals surface area contributed by atoms with Crippen molar-refractivity contribution in [3.63, 3.8) is 0 Å². The minimum atomic E-state index is -0.481. The molecule has 0 N–H and O–H groups in total. The van der Waals surface area contributed by atoms with Crippen LogP contribution in [0.4, 0.5) is 4.79 Å². The standard InChI is InChI=1S/C20H23ClN2O5/c1-3-27-15-7-5-13(6-8-15)16-17(21)19(25)23(18(16)24)14-9-11-22(12-10-14)20(26)28-4-2/h5-8,14H,3-4,9-12H2,1-2H3. The number of amides is 3. The van der Waals surface area contributed by atoms with Gasteiger partial charge in [0.05, 0.1) is 18.8 Å². The normalized spacial score (nSPS) is 18.1. The number of hydrogen-bond acceptors (Lipinski definition) is 5. The summed E-state index contributed by atoms with van der Waals surface area (Å²) >= 11 is 6.25. The molecule has 0 bridgehead atoms. The van der Waals surface area contributed by atoms with Crippen LogP contribution < -0.4 is 4.74 Å². The highest BCUT2D eigenvalue weighted by Crippen LogP contribution is 2.35. The third-order valence-corrected chi connectivity index (χ3v) is 5.22. The van der Waals surface area contributed by atoms with Crippen molar-refractivity contribution >= 4 is 35.1 Å². The molecule has 0 saturated carbocycles. The molecule has 0 spiro atoms. The van der Waals surface area contributed by atoms with Gasteiger partial charge >= 0.3 is 6.09 Å². The molecular weight excluding hydrogens is 384 g/mol. The minimum absolute atomic E-state index is 0.0676. The Balaban J connectivity index is 1.72. The maximum atomic E-state index is 13.0. The van der Waals surface area contributed by atoms with E-state index in [0.29, 0.717) is 50.5 Å². The van der Waals surface area contributed by atoms with Crippen molar-refractivity contribution in [3.05, 3.63) is 34.9 Å². The molecule has 1 aromatic carbocycles. The molecule has 0 radical (unpaired) electrons. The second kappa shape index (κ2) is 8.65. The van der Waals surface area contributed by atoms with Gasteiger partial charge < -0.3 is 14.4 Å². The maximum Gasteiger partial charge on any atom is 0.409 e. The molecule has 2 heterocycles. The summed E-state index contributed by atoms with van der Waals surface area (Å²) in [6.45, 7) is 5.35. The summed E-state index contributed by atoms with van der Waals surface area (Å²) in [6, 6.07) is 6.64. The van der Waals surface area contributed by atoms with Gasteiger partial charge in [0.25, 0.3) is 11.8 Å². The predicted molar refractivity (Wildman–Crippen MR) is 104 cm³/mol. The zero-order chi connectivity index (χ0) is 20.3. The average molecular weight is 407 g/mol. The van der Waals surface area contributed by atoms with Crippen molar-refractivity contribution in [2.75, 3.05) is 26.3 Å². The van der Waals surface area contributed by atoms with Gasteiger partial charge in [-0.05, 0) is 44.4 Å². The van der Waals surface area contributed by atoms with Crippen LogP contribution >= 0.6 is 11.6 Å². The molecule has 2 aliphatic rings. The molecular formula is C20H23ClN2O5. The fourth-order valence-electron chi connectivity index (χ4n) is 3.51. The van der Waals surface area contributed by atoms with Gasteiger partial charge in [-0.2, -0.15) is 0 Å². The molecule has 7 nitrogen and oxygen atoms in total. The Morgan fingerprint density at radius 1 is 1.07 bits per heavy atom. The molecule has 2 aliphatic heterocycles. The lowest BCUT2D eigenvalue weighted by Crippen LogP contribution is -2.49. The van der Waals surface area contributed by atoms with Crippen molar-refractivity contribution in [2.45, 2.75) is 32.7 Å². The van der Waals surface area contributed by atoms with E-state index in [2.05, 4.69) is 0 Å². The van der Waals surface area contributed by atoms with Crippen LogP contribution in [0.15, 0.2) is 29.3 Å². The molecule has 8 heteroatoms. The first-order valence-corrected chi connectivity index (χ1v) is 9.78. The molecule has 3 amide bonds. The van der Waals surface area contributed by atoms with Crippen LogP contribution in [-0.2, 0) is 14.3 Å². The van der Waals surface area contributed by atoms with E-state index < -0.39 is 11.8 Å². The van der Waals surface area contributed by atoms with Crippen LogP contribution in [0.5, 0.6) is 5.75 Å². The van der Waals surface area contributed by atoms with Gasteiger partial charge in [0.15, 0.2) is 0 Å². The molecule has 1 aromatic rings. The largest absolute Gasteiger partial charge is 0.494 e. The summed E-state index contributed by atoms with van der Waals surface area (Å²) in [5.41, 5.74) is 0.792. The Kier molecular flexibility index (Phi) is 6.24. The number of halogens is 1. The van der Waals surface area contributed by atoms with Crippen molar-refractivity contribution < 1.29 is 23.9 Å². The smallest absolute Gasteiger partial charge is 0.409 e. The molecule has 150 valence electrons. The van der Waals surface area contributed by atoms with E-state index >= 15 is 0 Å². The van der Waals surface area contributed by atoms with Gasteiger partial charge in [-0.3, -0.25) is 14.5 Å². The van der Waals surface area contributed by atoms with Crippen LogP contribution in [0.25, 0.3) is 5.57 Å². The number of nitrogens with zero attached hydrogens (tertiary/aromatic N) is 2. The zero-order valence-corrected chi connectivity index (χ0v) is 16.7.